The van der Waals surface area contributed by atoms with Gasteiger partial charge in [-0.15, -0.1) is 0 Å². The van der Waals surface area contributed by atoms with Crippen LogP contribution in [0.1, 0.15) is 19.5 Å². The van der Waals surface area contributed by atoms with Crippen LogP contribution >= 0.6 is 23.2 Å². The van der Waals surface area contributed by atoms with Gasteiger partial charge in [0, 0.05) is 16.3 Å². The average Bonchev–Trinajstić information content (AvgIpc) is 2.25. The Morgan fingerprint density at radius 3 is 2.47 bits per heavy atom. The third-order valence-corrected chi connectivity index (χ3v) is 2.90. The summed E-state index contributed by atoms with van der Waals surface area (Å²) >= 11 is 11.8. The van der Waals surface area contributed by atoms with Crippen LogP contribution in [0.2, 0.25) is 10.2 Å². The van der Waals surface area contributed by atoms with Gasteiger partial charge in [0.15, 0.2) is 5.82 Å². The van der Waals surface area contributed by atoms with Crippen molar-refractivity contribution in [1.82, 2.24) is 9.97 Å². The molecule has 1 aromatic heterocycles. The van der Waals surface area contributed by atoms with Crippen LogP contribution in [-0.2, 0) is 6.42 Å². The van der Waals surface area contributed by atoms with Crippen LogP contribution < -0.4 is 0 Å². The quantitative estimate of drug-likeness (QED) is 0.762. The molecule has 1 aromatic carbocycles. The molecule has 0 aliphatic rings. The summed E-state index contributed by atoms with van der Waals surface area (Å²) in [4.78, 5) is 8.53. The Labute approximate surface area is 121 Å². The second-order valence-corrected chi connectivity index (χ2v) is 5.59. The van der Waals surface area contributed by atoms with Gasteiger partial charge < -0.3 is 0 Å². The molecule has 0 radical (unpaired) electrons. The van der Waals surface area contributed by atoms with Gasteiger partial charge in [-0.05, 0) is 36.6 Å². The minimum Gasteiger partial charge on any atom is -0.233 e. The molecule has 0 amide bonds. The van der Waals surface area contributed by atoms with Gasteiger partial charge in [0.1, 0.15) is 11.0 Å². The molecular formula is C14H13Cl2FN2. The van der Waals surface area contributed by atoms with E-state index in [9.17, 15) is 4.39 Å². The molecule has 0 spiro atoms. The number of hydrogen-bond donors (Lipinski definition) is 0. The van der Waals surface area contributed by atoms with Crippen LogP contribution in [0.5, 0.6) is 0 Å². The molecule has 19 heavy (non-hydrogen) atoms. The molecule has 0 unspecified atom stereocenters. The molecule has 0 atom stereocenters. The van der Waals surface area contributed by atoms with E-state index in [1.54, 1.807) is 12.1 Å². The number of nitrogens with zero attached hydrogens (tertiary/aromatic N) is 2. The van der Waals surface area contributed by atoms with Crippen LogP contribution in [0.15, 0.2) is 24.3 Å². The minimum absolute atomic E-state index is 0.309. The van der Waals surface area contributed by atoms with Crippen molar-refractivity contribution in [3.63, 3.8) is 0 Å². The number of benzene rings is 1. The first-order chi connectivity index (χ1) is 8.94. The Kier molecular flexibility index (Phi) is 4.38. The molecule has 0 fully saturated rings. The summed E-state index contributed by atoms with van der Waals surface area (Å²) in [5, 5.41) is 0.657. The molecule has 0 saturated heterocycles. The molecule has 1 heterocycles. The van der Waals surface area contributed by atoms with Gasteiger partial charge in [0.2, 0.25) is 0 Å². The summed E-state index contributed by atoms with van der Waals surface area (Å²) < 4.78 is 13.4. The minimum atomic E-state index is -0.420. The van der Waals surface area contributed by atoms with E-state index in [4.69, 9.17) is 23.2 Å². The predicted octanol–water partition coefficient (Wildman–Crippen LogP) is 4.79. The molecule has 5 heteroatoms. The van der Waals surface area contributed by atoms with Crippen molar-refractivity contribution < 1.29 is 4.39 Å². The van der Waals surface area contributed by atoms with Crippen molar-refractivity contribution in [2.75, 3.05) is 0 Å². The lowest BCUT2D eigenvalue weighted by molar-refractivity contribution is 0.627. The highest BCUT2D eigenvalue weighted by atomic mass is 35.5. The highest BCUT2D eigenvalue weighted by Crippen LogP contribution is 2.23. The standard InChI is InChI=1S/C14H13Cl2FN2/c1-8(2)3-12-7-13(16)19-14(18-12)9-4-10(15)6-11(17)5-9/h4-8H,3H2,1-2H3. The Bertz CT molecular complexity index is 580. The van der Waals surface area contributed by atoms with E-state index in [2.05, 4.69) is 23.8 Å². The van der Waals surface area contributed by atoms with E-state index in [0.29, 0.717) is 27.5 Å². The largest absolute Gasteiger partial charge is 0.233 e. The van der Waals surface area contributed by atoms with Crippen molar-refractivity contribution >= 4 is 23.2 Å². The van der Waals surface area contributed by atoms with Crippen molar-refractivity contribution in [3.8, 4) is 11.4 Å². The fourth-order valence-corrected chi connectivity index (χ4v) is 2.23. The Morgan fingerprint density at radius 1 is 1.11 bits per heavy atom. The number of hydrogen-bond acceptors (Lipinski definition) is 2. The third kappa shape index (κ3) is 3.88. The maximum Gasteiger partial charge on any atom is 0.161 e. The zero-order chi connectivity index (χ0) is 14.0. The normalized spacial score (nSPS) is 11.1. The number of halogens is 3. The lowest BCUT2D eigenvalue weighted by Crippen LogP contribution is -2.01. The van der Waals surface area contributed by atoms with Crippen molar-refractivity contribution in [2.45, 2.75) is 20.3 Å². The van der Waals surface area contributed by atoms with Gasteiger partial charge in [-0.3, -0.25) is 0 Å². The van der Waals surface area contributed by atoms with Crippen molar-refractivity contribution in [2.24, 2.45) is 5.92 Å². The fourth-order valence-electron chi connectivity index (χ4n) is 1.80. The van der Waals surface area contributed by atoms with Gasteiger partial charge in [-0.25, -0.2) is 14.4 Å². The monoisotopic (exact) mass is 298 g/mol. The van der Waals surface area contributed by atoms with Gasteiger partial charge in [-0.1, -0.05) is 37.0 Å². The third-order valence-electron chi connectivity index (χ3n) is 2.49. The SMILES string of the molecule is CC(C)Cc1cc(Cl)nc(-c2cc(F)cc(Cl)c2)n1. The Balaban J connectivity index is 2.46. The van der Waals surface area contributed by atoms with Crippen LogP contribution in [-0.4, -0.2) is 9.97 Å². The van der Waals surface area contributed by atoms with Crippen molar-refractivity contribution in [3.05, 3.63) is 46.0 Å². The van der Waals surface area contributed by atoms with Gasteiger partial charge in [0.05, 0.1) is 0 Å². The molecule has 2 rings (SSSR count). The second kappa shape index (κ2) is 5.85. The predicted molar refractivity (Wildman–Crippen MR) is 76.0 cm³/mol. The number of rotatable bonds is 3. The first-order valence-electron chi connectivity index (χ1n) is 5.94. The first-order valence-corrected chi connectivity index (χ1v) is 6.69. The topological polar surface area (TPSA) is 25.8 Å². The highest BCUT2D eigenvalue weighted by Gasteiger charge is 2.09. The molecule has 2 nitrogen and oxygen atoms in total. The lowest BCUT2D eigenvalue weighted by atomic mass is 10.1. The van der Waals surface area contributed by atoms with E-state index in [-0.39, 0.29) is 0 Å². The molecule has 0 aliphatic heterocycles. The zero-order valence-corrected chi connectivity index (χ0v) is 12.1. The Morgan fingerprint density at radius 2 is 1.84 bits per heavy atom. The first kappa shape index (κ1) is 14.2. The summed E-state index contributed by atoms with van der Waals surface area (Å²) in [6.45, 7) is 4.18. The maximum absolute atomic E-state index is 13.4. The molecule has 0 N–H and O–H groups in total. The maximum atomic E-state index is 13.4. The molecule has 100 valence electrons. The summed E-state index contributed by atoms with van der Waals surface area (Å²) in [5.41, 5.74) is 1.36. The van der Waals surface area contributed by atoms with E-state index in [1.807, 2.05) is 0 Å². The Hall–Kier alpha value is -1.19. The van der Waals surface area contributed by atoms with Crippen LogP contribution in [0.25, 0.3) is 11.4 Å². The van der Waals surface area contributed by atoms with Gasteiger partial charge >= 0.3 is 0 Å². The van der Waals surface area contributed by atoms with Gasteiger partial charge in [-0.2, -0.15) is 0 Å². The van der Waals surface area contributed by atoms with E-state index >= 15 is 0 Å². The molecular weight excluding hydrogens is 286 g/mol. The van der Waals surface area contributed by atoms with E-state index in [1.165, 1.54) is 12.1 Å². The summed E-state index contributed by atoms with van der Waals surface area (Å²) in [5.74, 6) is 0.427. The summed E-state index contributed by atoms with van der Waals surface area (Å²) in [6.07, 6.45) is 0.790. The summed E-state index contributed by atoms with van der Waals surface area (Å²) in [7, 11) is 0. The average molecular weight is 299 g/mol. The molecule has 0 bridgehead atoms. The molecule has 2 aromatic rings. The number of aromatic nitrogens is 2. The van der Waals surface area contributed by atoms with Crippen molar-refractivity contribution in [1.29, 1.82) is 0 Å². The zero-order valence-electron chi connectivity index (χ0n) is 10.6. The molecule has 0 aliphatic carbocycles. The van der Waals surface area contributed by atoms with Crippen LogP contribution in [0, 0.1) is 11.7 Å². The summed E-state index contributed by atoms with van der Waals surface area (Å²) in [6, 6.07) is 5.93. The lowest BCUT2D eigenvalue weighted by Gasteiger charge is -2.07. The van der Waals surface area contributed by atoms with Gasteiger partial charge in [0.25, 0.3) is 0 Å². The van der Waals surface area contributed by atoms with E-state index < -0.39 is 5.82 Å². The highest BCUT2D eigenvalue weighted by molar-refractivity contribution is 6.31. The molecule has 0 saturated carbocycles. The van der Waals surface area contributed by atoms with Crippen LogP contribution in [0.3, 0.4) is 0 Å². The fraction of sp³-hybridized carbons (Fsp3) is 0.286. The smallest absolute Gasteiger partial charge is 0.161 e. The van der Waals surface area contributed by atoms with E-state index in [0.717, 1.165) is 12.1 Å². The van der Waals surface area contributed by atoms with Crippen LogP contribution in [0.4, 0.5) is 4.39 Å². The second-order valence-electron chi connectivity index (χ2n) is 4.76.